The van der Waals surface area contributed by atoms with E-state index >= 15 is 0 Å². The van der Waals surface area contributed by atoms with Crippen LogP contribution >= 0.6 is 0 Å². The van der Waals surface area contributed by atoms with Gasteiger partial charge < -0.3 is 4.90 Å². The van der Waals surface area contributed by atoms with Crippen LogP contribution in [0.1, 0.15) is 24.9 Å². The molecule has 1 fully saturated rings. The van der Waals surface area contributed by atoms with E-state index in [-0.39, 0.29) is 17.9 Å². The summed E-state index contributed by atoms with van der Waals surface area (Å²) in [7, 11) is 0. The number of hydrogen-bond acceptors (Lipinski definition) is 1. The van der Waals surface area contributed by atoms with Gasteiger partial charge in [-0.1, -0.05) is 30.3 Å². The molecule has 1 aromatic rings. The Labute approximate surface area is 95.1 Å². The SMILES string of the molecule is C[C@@H](c1ccccc1)N1CC(CF)CC1=O. The molecule has 0 radical (unpaired) electrons. The van der Waals surface area contributed by atoms with Crippen LogP contribution in [0, 0.1) is 5.92 Å². The van der Waals surface area contributed by atoms with Gasteiger partial charge in [-0.3, -0.25) is 9.18 Å². The van der Waals surface area contributed by atoms with Crippen molar-refractivity contribution in [1.82, 2.24) is 4.90 Å². The van der Waals surface area contributed by atoms with Crippen molar-refractivity contribution in [2.24, 2.45) is 5.92 Å². The highest BCUT2D eigenvalue weighted by molar-refractivity contribution is 5.79. The molecule has 1 heterocycles. The lowest BCUT2D eigenvalue weighted by molar-refractivity contribution is -0.129. The largest absolute Gasteiger partial charge is 0.336 e. The molecule has 86 valence electrons. The summed E-state index contributed by atoms with van der Waals surface area (Å²) in [6.45, 7) is 2.14. The summed E-state index contributed by atoms with van der Waals surface area (Å²) in [6, 6.07) is 9.91. The number of carbonyl (C=O) groups excluding carboxylic acids is 1. The molecule has 2 nitrogen and oxygen atoms in total. The van der Waals surface area contributed by atoms with Gasteiger partial charge in [0.2, 0.25) is 5.91 Å². The van der Waals surface area contributed by atoms with Gasteiger partial charge >= 0.3 is 0 Å². The fraction of sp³-hybridized carbons (Fsp3) is 0.462. The van der Waals surface area contributed by atoms with Gasteiger partial charge in [0.25, 0.3) is 0 Å². The van der Waals surface area contributed by atoms with E-state index in [0.29, 0.717) is 13.0 Å². The van der Waals surface area contributed by atoms with Crippen LogP contribution in [0.4, 0.5) is 4.39 Å². The molecule has 1 saturated heterocycles. The second kappa shape index (κ2) is 4.64. The predicted octanol–water partition coefficient (Wildman–Crippen LogP) is 2.57. The lowest BCUT2D eigenvalue weighted by Gasteiger charge is -2.25. The molecule has 1 aromatic carbocycles. The molecule has 0 bridgehead atoms. The van der Waals surface area contributed by atoms with Crippen molar-refractivity contribution < 1.29 is 9.18 Å². The van der Waals surface area contributed by atoms with Gasteiger partial charge in [-0.2, -0.15) is 0 Å². The summed E-state index contributed by atoms with van der Waals surface area (Å²) >= 11 is 0. The van der Waals surface area contributed by atoms with E-state index in [4.69, 9.17) is 0 Å². The minimum absolute atomic E-state index is 0.0465. The van der Waals surface area contributed by atoms with Crippen LogP contribution < -0.4 is 0 Å². The molecule has 3 heteroatoms. The molecular weight excluding hydrogens is 205 g/mol. The second-order valence-electron chi connectivity index (χ2n) is 4.36. The van der Waals surface area contributed by atoms with E-state index < -0.39 is 6.67 Å². The standard InChI is InChI=1S/C13H16FNO/c1-10(12-5-3-2-4-6-12)15-9-11(8-14)7-13(15)16/h2-6,10-11H,7-9H2,1H3/t10-,11?/m0/s1. The molecule has 16 heavy (non-hydrogen) atoms. The minimum atomic E-state index is -0.399. The summed E-state index contributed by atoms with van der Waals surface area (Å²) in [5.74, 6) is -0.0438. The fourth-order valence-corrected chi connectivity index (χ4v) is 2.20. The van der Waals surface area contributed by atoms with E-state index in [1.165, 1.54) is 0 Å². The number of hydrogen-bond donors (Lipinski definition) is 0. The predicted molar refractivity (Wildman–Crippen MR) is 60.7 cm³/mol. The average molecular weight is 221 g/mol. The van der Waals surface area contributed by atoms with E-state index in [1.54, 1.807) is 4.90 Å². The number of benzene rings is 1. The Hall–Kier alpha value is -1.38. The van der Waals surface area contributed by atoms with Crippen LogP contribution in [-0.4, -0.2) is 24.0 Å². The highest BCUT2D eigenvalue weighted by atomic mass is 19.1. The van der Waals surface area contributed by atoms with Crippen molar-refractivity contribution in [2.75, 3.05) is 13.2 Å². The zero-order chi connectivity index (χ0) is 11.5. The van der Waals surface area contributed by atoms with Crippen molar-refractivity contribution in [3.63, 3.8) is 0 Å². The second-order valence-corrected chi connectivity index (χ2v) is 4.36. The number of rotatable bonds is 3. The fourth-order valence-electron chi connectivity index (χ4n) is 2.20. The number of amides is 1. The highest BCUT2D eigenvalue weighted by Crippen LogP contribution is 2.28. The first-order valence-electron chi connectivity index (χ1n) is 5.62. The van der Waals surface area contributed by atoms with Crippen molar-refractivity contribution in [2.45, 2.75) is 19.4 Å². The topological polar surface area (TPSA) is 20.3 Å². The zero-order valence-electron chi connectivity index (χ0n) is 9.40. The quantitative estimate of drug-likeness (QED) is 0.768. The van der Waals surface area contributed by atoms with Crippen LogP contribution in [0.15, 0.2) is 30.3 Å². The average Bonchev–Trinajstić information content (AvgIpc) is 2.71. The first kappa shape index (κ1) is 11.1. The van der Waals surface area contributed by atoms with Gasteiger partial charge in [-0.25, -0.2) is 0 Å². The maximum atomic E-state index is 12.5. The summed E-state index contributed by atoms with van der Waals surface area (Å²) in [4.78, 5) is 13.5. The molecule has 2 rings (SSSR count). The smallest absolute Gasteiger partial charge is 0.223 e. The maximum absolute atomic E-state index is 12.5. The molecule has 0 spiro atoms. The van der Waals surface area contributed by atoms with E-state index in [9.17, 15) is 9.18 Å². The lowest BCUT2D eigenvalue weighted by atomic mass is 10.1. The van der Waals surface area contributed by atoms with Crippen molar-refractivity contribution in [1.29, 1.82) is 0 Å². The Morgan fingerprint density at radius 3 is 2.69 bits per heavy atom. The molecule has 0 aliphatic carbocycles. The van der Waals surface area contributed by atoms with Gasteiger partial charge in [-0.05, 0) is 12.5 Å². The Bertz CT molecular complexity index is 365. The first-order valence-corrected chi connectivity index (χ1v) is 5.62. The first-order chi connectivity index (χ1) is 7.72. The Morgan fingerprint density at radius 1 is 1.44 bits per heavy atom. The van der Waals surface area contributed by atoms with Crippen LogP contribution in [0.5, 0.6) is 0 Å². The maximum Gasteiger partial charge on any atom is 0.223 e. The minimum Gasteiger partial charge on any atom is -0.336 e. The molecule has 1 unspecified atom stereocenters. The third-order valence-electron chi connectivity index (χ3n) is 3.21. The zero-order valence-corrected chi connectivity index (χ0v) is 9.40. The number of likely N-dealkylation sites (tertiary alicyclic amines) is 1. The normalized spacial score (nSPS) is 22.5. The van der Waals surface area contributed by atoms with Gasteiger partial charge in [0.05, 0.1) is 12.7 Å². The Morgan fingerprint density at radius 2 is 2.12 bits per heavy atom. The summed E-state index contributed by atoms with van der Waals surface area (Å²) in [6.07, 6.45) is 0.355. The van der Waals surface area contributed by atoms with Gasteiger partial charge in [-0.15, -0.1) is 0 Å². The van der Waals surface area contributed by atoms with Crippen molar-refractivity contribution >= 4 is 5.91 Å². The number of halogens is 1. The molecule has 0 N–H and O–H groups in total. The van der Waals surface area contributed by atoms with Crippen LogP contribution in [0.3, 0.4) is 0 Å². The van der Waals surface area contributed by atoms with Crippen molar-refractivity contribution in [3.8, 4) is 0 Å². The third-order valence-corrected chi connectivity index (χ3v) is 3.21. The van der Waals surface area contributed by atoms with Gasteiger partial charge in [0.15, 0.2) is 0 Å². The molecule has 1 aliphatic rings. The lowest BCUT2D eigenvalue weighted by Crippen LogP contribution is -2.28. The molecule has 0 aromatic heterocycles. The summed E-state index contributed by atoms with van der Waals surface area (Å²) in [5, 5.41) is 0. The third kappa shape index (κ3) is 2.08. The number of nitrogens with zero attached hydrogens (tertiary/aromatic N) is 1. The van der Waals surface area contributed by atoms with Crippen LogP contribution in [0.2, 0.25) is 0 Å². The molecular formula is C13H16FNO. The van der Waals surface area contributed by atoms with E-state index in [2.05, 4.69) is 0 Å². The molecule has 1 aliphatic heterocycles. The van der Waals surface area contributed by atoms with E-state index in [0.717, 1.165) is 5.56 Å². The monoisotopic (exact) mass is 221 g/mol. The molecule has 1 amide bonds. The van der Waals surface area contributed by atoms with Gasteiger partial charge in [0.1, 0.15) is 0 Å². The van der Waals surface area contributed by atoms with Crippen molar-refractivity contribution in [3.05, 3.63) is 35.9 Å². The molecule has 2 atom stereocenters. The Balaban J connectivity index is 2.11. The summed E-state index contributed by atoms with van der Waals surface area (Å²) in [5.41, 5.74) is 1.11. The van der Waals surface area contributed by atoms with Gasteiger partial charge in [0, 0.05) is 18.9 Å². The number of carbonyl (C=O) groups is 1. The van der Waals surface area contributed by atoms with Crippen LogP contribution in [0.25, 0.3) is 0 Å². The van der Waals surface area contributed by atoms with Crippen LogP contribution in [-0.2, 0) is 4.79 Å². The highest BCUT2D eigenvalue weighted by Gasteiger charge is 2.32. The number of alkyl halides is 1. The Kier molecular flexibility index (Phi) is 3.22. The van der Waals surface area contributed by atoms with E-state index in [1.807, 2.05) is 37.3 Å². The summed E-state index contributed by atoms with van der Waals surface area (Å²) < 4.78 is 12.5. The molecule has 0 saturated carbocycles.